The minimum absolute atomic E-state index is 0.559. The van der Waals surface area contributed by atoms with E-state index < -0.39 is 0 Å². The van der Waals surface area contributed by atoms with Crippen LogP contribution in [-0.4, -0.2) is 4.98 Å². The fourth-order valence-electron chi connectivity index (χ4n) is 1.18. The largest absolute Gasteiger partial charge is 0.255 e. The van der Waals surface area contributed by atoms with Gasteiger partial charge >= 0.3 is 0 Å². The Morgan fingerprint density at radius 2 is 2.07 bits per heavy atom. The fraction of sp³-hybridized carbons (Fsp3) is 0. The number of benzene rings is 1. The van der Waals surface area contributed by atoms with Crippen LogP contribution >= 0.6 is 23.2 Å². The zero-order valence-electron chi connectivity index (χ0n) is 7.17. The maximum Gasteiger partial charge on any atom is 0.0888 e. The third-order valence-corrected chi connectivity index (χ3v) is 2.32. The van der Waals surface area contributed by atoms with Crippen LogP contribution in [0.4, 0.5) is 0 Å². The molecule has 0 spiro atoms. The minimum atomic E-state index is 0.559. The molecule has 0 bridgehead atoms. The molecule has 1 heterocycles. The number of rotatable bonds is 1. The van der Waals surface area contributed by atoms with Gasteiger partial charge in [-0.1, -0.05) is 35.3 Å². The summed E-state index contributed by atoms with van der Waals surface area (Å²) >= 11 is 11.8. The van der Waals surface area contributed by atoms with Crippen LogP contribution < -0.4 is 0 Å². The predicted octanol–water partition coefficient (Wildman–Crippen LogP) is 3.86. The molecule has 0 aliphatic heterocycles. The minimum Gasteiger partial charge on any atom is -0.255 e. The van der Waals surface area contributed by atoms with Gasteiger partial charge in [-0.3, -0.25) is 4.98 Å². The lowest BCUT2D eigenvalue weighted by Gasteiger charge is -2.02. The van der Waals surface area contributed by atoms with Crippen LogP contribution in [0.3, 0.4) is 0 Å². The summed E-state index contributed by atoms with van der Waals surface area (Å²) in [5.41, 5.74) is 1.64. The van der Waals surface area contributed by atoms with Gasteiger partial charge in [0.25, 0.3) is 0 Å². The van der Waals surface area contributed by atoms with Crippen molar-refractivity contribution >= 4 is 23.2 Å². The van der Waals surface area contributed by atoms with E-state index in [9.17, 15) is 0 Å². The van der Waals surface area contributed by atoms with Gasteiger partial charge in [-0.2, -0.15) is 0 Å². The molecule has 0 amide bonds. The second-order valence-electron chi connectivity index (χ2n) is 2.76. The van der Waals surface area contributed by atoms with Crippen molar-refractivity contribution in [1.29, 1.82) is 0 Å². The lowest BCUT2D eigenvalue weighted by molar-refractivity contribution is 1.33. The summed E-state index contributed by atoms with van der Waals surface area (Å²) < 4.78 is 0. The van der Waals surface area contributed by atoms with Gasteiger partial charge in [0, 0.05) is 22.8 Å². The molecule has 0 atom stereocenters. The Morgan fingerprint density at radius 3 is 2.79 bits per heavy atom. The van der Waals surface area contributed by atoms with Gasteiger partial charge in [0.15, 0.2) is 0 Å². The van der Waals surface area contributed by atoms with Crippen LogP contribution in [0.5, 0.6) is 0 Å². The maximum absolute atomic E-state index is 6.00. The summed E-state index contributed by atoms with van der Waals surface area (Å²) in [6.07, 6.45) is 1.70. The SMILES string of the molecule is Clc1[c]ccc(-c2ncccc2Cl)c1. The van der Waals surface area contributed by atoms with Gasteiger partial charge in [-0.05, 0) is 18.2 Å². The molecule has 1 radical (unpaired) electrons. The Hall–Kier alpha value is -1.05. The molecule has 0 saturated carbocycles. The Bertz CT molecular complexity index is 455. The van der Waals surface area contributed by atoms with E-state index >= 15 is 0 Å². The van der Waals surface area contributed by atoms with Crippen molar-refractivity contribution in [1.82, 2.24) is 4.98 Å². The standard InChI is InChI=1S/C11H6Cl2N/c12-9-4-1-3-8(7-9)11-10(13)5-2-6-14-11/h1-3,5-7H. The summed E-state index contributed by atoms with van der Waals surface area (Å²) in [6.45, 7) is 0. The Morgan fingerprint density at radius 1 is 1.21 bits per heavy atom. The average molecular weight is 223 g/mol. The molecular formula is C11H6Cl2N. The monoisotopic (exact) mass is 222 g/mol. The first-order valence-corrected chi connectivity index (χ1v) is 4.81. The molecule has 2 rings (SSSR count). The van der Waals surface area contributed by atoms with Gasteiger partial charge in [-0.15, -0.1) is 0 Å². The molecule has 3 heteroatoms. The topological polar surface area (TPSA) is 12.9 Å². The van der Waals surface area contributed by atoms with Gasteiger partial charge in [0.05, 0.1) is 10.7 Å². The number of aromatic nitrogens is 1. The van der Waals surface area contributed by atoms with Crippen molar-refractivity contribution in [2.45, 2.75) is 0 Å². The summed E-state index contributed by atoms with van der Waals surface area (Å²) in [7, 11) is 0. The zero-order valence-corrected chi connectivity index (χ0v) is 8.68. The molecule has 0 saturated heterocycles. The van der Waals surface area contributed by atoms with Gasteiger partial charge < -0.3 is 0 Å². The average Bonchev–Trinajstić information content (AvgIpc) is 2.18. The number of hydrogen-bond acceptors (Lipinski definition) is 1. The number of hydrogen-bond donors (Lipinski definition) is 0. The van der Waals surface area contributed by atoms with E-state index in [1.54, 1.807) is 30.5 Å². The van der Waals surface area contributed by atoms with Crippen molar-refractivity contribution in [2.24, 2.45) is 0 Å². The Kier molecular flexibility index (Phi) is 2.71. The molecule has 0 fully saturated rings. The Balaban J connectivity index is 2.55. The van der Waals surface area contributed by atoms with E-state index in [1.807, 2.05) is 6.07 Å². The van der Waals surface area contributed by atoms with Crippen LogP contribution in [0.25, 0.3) is 11.3 Å². The van der Waals surface area contributed by atoms with Gasteiger partial charge in [-0.25, -0.2) is 0 Å². The van der Waals surface area contributed by atoms with Crippen LogP contribution in [0.2, 0.25) is 10.0 Å². The second kappa shape index (κ2) is 3.99. The lowest BCUT2D eigenvalue weighted by Crippen LogP contribution is -1.83. The van der Waals surface area contributed by atoms with Crippen molar-refractivity contribution in [3.05, 3.63) is 52.6 Å². The molecular weight excluding hydrogens is 217 g/mol. The zero-order chi connectivity index (χ0) is 9.97. The van der Waals surface area contributed by atoms with Crippen LogP contribution in [0.15, 0.2) is 36.5 Å². The highest BCUT2D eigenvalue weighted by atomic mass is 35.5. The third kappa shape index (κ3) is 1.89. The Labute approximate surface area is 92.3 Å². The van der Waals surface area contributed by atoms with Crippen molar-refractivity contribution in [3.8, 4) is 11.3 Å². The molecule has 14 heavy (non-hydrogen) atoms. The van der Waals surface area contributed by atoms with E-state index in [0.29, 0.717) is 10.0 Å². The predicted molar refractivity (Wildman–Crippen MR) is 58.5 cm³/mol. The van der Waals surface area contributed by atoms with E-state index in [2.05, 4.69) is 11.1 Å². The van der Waals surface area contributed by atoms with Crippen LogP contribution in [-0.2, 0) is 0 Å². The lowest BCUT2D eigenvalue weighted by atomic mass is 10.1. The summed E-state index contributed by atoms with van der Waals surface area (Å²) in [5, 5.41) is 1.18. The fourth-order valence-corrected chi connectivity index (χ4v) is 1.59. The molecule has 0 aliphatic rings. The molecule has 0 aliphatic carbocycles. The first-order chi connectivity index (χ1) is 6.77. The quantitative estimate of drug-likeness (QED) is 0.715. The number of pyridine rings is 1. The highest BCUT2D eigenvalue weighted by Gasteiger charge is 2.03. The highest BCUT2D eigenvalue weighted by molar-refractivity contribution is 6.33. The first-order valence-electron chi connectivity index (χ1n) is 4.05. The second-order valence-corrected chi connectivity index (χ2v) is 3.57. The molecule has 0 N–H and O–H groups in total. The van der Waals surface area contributed by atoms with Crippen LogP contribution in [0, 0.1) is 6.07 Å². The smallest absolute Gasteiger partial charge is 0.0888 e. The molecule has 1 aromatic carbocycles. The first kappa shape index (κ1) is 9.50. The molecule has 69 valence electrons. The number of nitrogens with zero attached hydrogens (tertiary/aromatic N) is 1. The maximum atomic E-state index is 6.00. The van der Waals surface area contributed by atoms with E-state index in [1.165, 1.54) is 0 Å². The highest BCUT2D eigenvalue weighted by Crippen LogP contribution is 2.26. The van der Waals surface area contributed by atoms with E-state index in [4.69, 9.17) is 23.2 Å². The summed E-state index contributed by atoms with van der Waals surface area (Å²) in [6, 6.07) is 11.9. The van der Waals surface area contributed by atoms with E-state index in [0.717, 1.165) is 11.3 Å². The van der Waals surface area contributed by atoms with Gasteiger partial charge in [0.1, 0.15) is 0 Å². The normalized spacial score (nSPS) is 10.1. The molecule has 1 aromatic heterocycles. The van der Waals surface area contributed by atoms with Crippen molar-refractivity contribution in [3.63, 3.8) is 0 Å². The van der Waals surface area contributed by atoms with Gasteiger partial charge in [0.2, 0.25) is 0 Å². The third-order valence-electron chi connectivity index (χ3n) is 1.80. The summed E-state index contributed by atoms with van der Waals surface area (Å²) in [4.78, 5) is 4.19. The molecule has 1 nitrogen and oxygen atoms in total. The van der Waals surface area contributed by atoms with Crippen molar-refractivity contribution < 1.29 is 0 Å². The van der Waals surface area contributed by atoms with E-state index in [-0.39, 0.29) is 0 Å². The molecule has 2 aromatic rings. The van der Waals surface area contributed by atoms with Crippen molar-refractivity contribution in [2.75, 3.05) is 0 Å². The summed E-state index contributed by atoms with van der Waals surface area (Å²) in [5.74, 6) is 0. The number of halogens is 2. The van der Waals surface area contributed by atoms with Crippen LogP contribution in [0.1, 0.15) is 0 Å². The molecule has 0 unspecified atom stereocenters.